The minimum absolute atomic E-state index is 0.192. The Hall–Kier alpha value is -2.74. The van der Waals surface area contributed by atoms with Crippen molar-refractivity contribution in [2.45, 2.75) is 65.4 Å². The fourth-order valence-electron chi connectivity index (χ4n) is 5.67. The van der Waals surface area contributed by atoms with Crippen LogP contribution in [0.4, 0.5) is 5.69 Å². The smallest absolute Gasteiger partial charge is 0.128 e. The second kappa shape index (κ2) is 6.91. The molecule has 1 aliphatic rings. The third-order valence-electron chi connectivity index (χ3n) is 7.47. The van der Waals surface area contributed by atoms with E-state index in [1.807, 2.05) is 0 Å². The highest BCUT2D eigenvalue weighted by Gasteiger charge is 2.60. The van der Waals surface area contributed by atoms with E-state index in [4.69, 9.17) is 10.5 Å². The van der Waals surface area contributed by atoms with E-state index in [2.05, 4.69) is 103 Å². The van der Waals surface area contributed by atoms with E-state index in [1.165, 1.54) is 22.3 Å². The Morgan fingerprint density at radius 3 is 2.00 bits per heavy atom. The van der Waals surface area contributed by atoms with Gasteiger partial charge in [-0.3, -0.25) is 0 Å². The largest absolute Gasteiger partial charge is 0.486 e. The van der Waals surface area contributed by atoms with Gasteiger partial charge in [-0.05, 0) is 75.3 Å². The first-order valence-corrected chi connectivity index (χ1v) is 10.8. The summed E-state index contributed by atoms with van der Waals surface area (Å²) in [5, 5.41) is 0. The van der Waals surface area contributed by atoms with Gasteiger partial charge in [0.15, 0.2) is 0 Å². The molecule has 2 heteroatoms. The number of hydrogen-bond donors (Lipinski definition) is 1. The number of nitrogen functional groups attached to an aromatic ring is 1. The molecule has 2 nitrogen and oxygen atoms in total. The van der Waals surface area contributed by atoms with Gasteiger partial charge >= 0.3 is 0 Å². The van der Waals surface area contributed by atoms with Gasteiger partial charge < -0.3 is 10.5 Å². The predicted octanol–water partition coefficient (Wildman–Crippen LogP) is 6.76. The van der Waals surface area contributed by atoms with E-state index in [0.717, 1.165) is 28.1 Å². The minimum atomic E-state index is -0.449. The molecule has 0 saturated heterocycles. The summed E-state index contributed by atoms with van der Waals surface area (Å²) in [5.41, 5.74) is 15.2. The van der Waals surface area contributed by atoms with Gasteiger partial charge in [0.2, 0.25) is 0 Å². The lowest BCUT2D eigenvalue weighted by Crippen LogP contribution is -2.51. The molecule has 2 N–H and O–H groups in total. The quantitative estimate of drug-likeness (QED) is 0.494. The predicted molar refractivity (Wildman–Crippen MR) is 127 cm³/mol. The van der Waals surface area contributed by atoms with Crippen LogP contribution in [-0.2, 0) is 5.41 Å². The molecule has 0 bridgehead atoms. The zero-order chi connectivity index (χ0) is 21.8. The number of ether oxygens (including phenoxy) is 1. The summed E-state index contributed by atoms with van der Waals surface area (Å²) in [6, 6.07) is 19.8. The molecule has 0 amide bonds. The van der Waals surface area contributed by atoms with Crippen LogP contribution in [0.1, 0.15) is 65.6 Å². The molecule has 0 aromatic heterocycles. The fourth-order valence-corrected chi connectivity index (χ4v) is 5.67. The Morgan fingerprint density at radius 1 is 0.800 bits per heavy atom. The molecule has 0 spiro atoms. The molecule has 1 aliphatic heterocycles. The molecule has 1 heterocycles. The van der Waals surface area contributed by atoms with Crippen molar-refractivity contribution in [3.05, 3.63) is 93.5 Å². The van der Waals surface area contributed by atoms with Crippen LogP contribution in [0, 0.1) is 27.7 Å². The standard InChI is InChI=1S/C28H33NO/c1-17-13-15-23(16-14-17)28(21(5)22-11-9-8-10-12-22)24-20(4)25(29)18(2)19(3)26(24)30-27(28,6)7/h8-16,21H,29H2,1-7H3/t21-,28?/m1/s1. The summed E-state index contributed by atoms with van der Waals surface area (Å²) in [5.74, 6) is 1.20. The number of nitrogens with two attached hydrogens (primary N) is 1. The van der Waals surface area contributed by atoms with Crippen molar-refractivity contribution in [2.75, 3.05) is 5.73 Å². The van der Waals surface area contributed by atoms with Crippen molar-refractivity contribution in [3.63, 3.8) is 0 Å². The normalized spacial score (nSPS) is 20.5. The minimum Gasteiger partial charge on any atom is -0.486 e. The van der Waals surface area contributed by atoms with Crippen LogP contribution in [0.5, 0.6) is 5.75 Å². The van der Waals surface area contributed by atoms with Gasteiger partial charge in [-0.15, -0.1) is 0 Å². The summed E-state index contributed by atoms with van der Waals surface area (Å²) in [6.07, 6.45) is 0. The number of aryl methyl sites for hydroxylation is 1. The maximum atomic E-state index is 6.83. The molecule has 30 heavy (non-hydrogen) atoms. The Kier molecular flexibility index (Phi) is 4.73. The summed E-state index contributed by atoms with van der Waals surface area (Å²) in [6.45, 7) is 15.3. The van der Waals surface area contributed by atoms with E-state index in [1.54, 1.807) is 0 Å². The molecule has 0 radical (unpaired) electrons. The third kappa shape index (κ3) is 2.62. The summed E-state index contributed by atoms with van der Waals surface area (Å²) < 4.78 is 6.83. The molecular weight excluding hydrogens is 366 g/mol. The molecule has 0 fully saturated rings. The van der Waals surface area contributed by atoms with E-state index in [0.29, 0.717) is 0 Å². The Balaban J connectivity index is 2.15. The van der Waals surface area contributed by atoms with Crippen LogP contribution in [0.2, 0.25) is 0 Å². The van der Waals surface area contributed by atoms with Crippen molar-refractivity contribution in [2.24, 2.45) is 0 Å². The number of rotatable bonds is 3. The highest BCUT2D eigenvalue weighted by Crippen LogP contribution is 2.62. The molecule has 1 unspecified atom stereocenters. The zero-order valence-electron chi connectivity index (χ0n) is 19.3. The molecular formula is C28H33NO. The van der Waals surface area contributed by atoms with Gasteiger partial charge in [-0.25, -0.2) is 0 Å². The van der Waals surface area contributed by atoms with Crippen LogP contribution in [0.15, 0.2) is 54.6 Å². The lowest BCUT2D eigenvalue weighted by molar-refractivity contribution is 0.0605. The van der Waals surface area contributed by atoms with Crippen molar-refractivity contribution >= 4 is 5.69 Å². The first-order chi connectivity index (χ1) is 14.1. The van der Waals surface area contributed by atoms with Gasteiger partial charge in [0, 0.05) is 11.3 Å². The van der Waals surface area contributed by atoms with Crippen LogP contribution in [-0.4, -0.2) is 5.60 Å². The van der Waals surface area contributed by atoms with Gasteiger partial charge in [-0.1, -0.05) is 67.1 Å². The third-order valence-corrected chi connectivity index (χ3v) is 7.47. The fraction of sp³-hybridized carbons (Fsp3) is 0.357. The van der Waals surface area contributed by atoms with Gasteiger partial charge in [-0.2, -0.15) is 0 Å². The molecule has 3 aromatic carbocycles. The van der Waals surface area contributed by atoms with Crippen molar-refractivity contribution < 1.29 is 4.74 Å². The molecule has 3 aromatic rings. The lowest BCUT2D eigenvalue weighted by atomic mass is 9.56. The average Bonchev–Trinajstić information content (AvgIpc) is 2.99. The molecule has 156 valence electrons. The van der Waals surface area contributed by atoms with Crippen LogP contribution < -0.4 is 10.5 Å². The zero-order valence-corrected chi connectivity index (χ0v) is 19.3. The van der Waals surface area contributed by atoms with E-state index in [-0.39, 0.29) is 11.3 Å². The Morgan fingerprint density at radius 2 is 1.40 bits per heavy atom. The molecule has 0 saturated carbocycles. The van der Waals surface area contributed by atoms with Gasteiger partial charge in [0.25, 0.3) is 0 Å². The highest BCUT2D eigenvalue weighted by atomic mass is 16.5. The molecule has 0 aliphatic carbocycles. The summed E-state index contributed by atoms with van der Waals surface area (Å²) in [4.78, 5) is 0. The van der Waals surface area contributed by atoms with Crippen LogP contribution >= 0.6 is 0 Å². The first kappa shape index (κ1) is 20.5. The second-order valence-corrected chi connectivity index (χ2v) is 9.41. The van der Waals surface area contributed by atoms with Crippen molar-refractivity contribution in [1.29, 1.82) is 0 Å². The van der Waals surface area contributed by atoms with Gasteiger partial charge in [0.1, 0.15) is 11.4 Å². The van der Waals surface area contributed by atoms with Crippen molar-refractivity contribution in [3.8, 4) is 5.75 Å². The van der Waals surface area contributed by atoms with Crippen LogP contribution in [0.3, 0.4) is 0 Å². The summed E-state index contributed by atoms with van der Waals surface area (Å²) >= 11 is 0. The van der Waals surface area contributed by atoms with Gasteiger partial charge in [0.05, 0.1) is 5.41 Å². The second-order valence-electron chi connectivity index (χ2n) is 9.41. The first-order valence-electron chi connectivity index (χ1n) is 10.8. The van der Waals surface area contributed by atoms with E-state index in [9.17, 15) is 0 Å². The molecule has 4 rings (SSSR count). The Bertz CT molecular complexity index is 1100. The molecule has 2 atom stereocenters. The SMILES string of the molecule is Cc1ccc(C2([C@H](C)c3ccccc3)c3c(C)c(N)c(C)c(C)c3OC2(C)C)cc1. The van der Waals surface area contributed by atoms with Crippen molar-refractivity contribution in [1.82, 2.24) is 0 Å². The topological polar surface area (TPSA) is 35.2 Å². The Labute approximate surface area is 181 Å². The average molecular weight is 400 g/mol. The number of benzene rings is 3. The maximum Gasteiger partial charge on any atom is 0.128 e. The highest BCUT2D eigenvalue weighted by molar-refractivity contribution is 5.72. The summed E-state index contributed by atoms with van der Waals surface area (Å²) in [7, 11) is 0. The van der Waals surface area contributed by atoms with E-state index < -0.39 is 5.60 Å². The monoisotopic (exact) mass is 399 g/mol. The number of anilines is 1. The van der Waals surface area contributed by atoms with Crippen LogP contribution in [0.25, 0.3) is 0 Å². The number of hydrogen-bond acceptors (Lipinski definition) is 2. The number of fused-ring (bicyclic) bond motifs is 1. The maximum absolute atomic E-state index is 6.83. The lowest BCUT2D eigenvalue weighted by Gasteiger charge is -2.46. The van der Waals surface area contributed by atoms with E-state index >= 15 is 0 Å².